The summed E-state index contributed by atoms with van der Waals surface area (Å²) in [5.41, 5.74) is 0.992. The molecular formula is C18H15N3O4S. The second kappa shape index (κ2) is 7.83. The lowest BCUT2D eigenvalue weighted by atomic mass is 10.1. The van der Waals surface area contributed by atoms with Crippen LogP contribution in [0.3, 0.4) is 0 Å². The lowest BCUT2D eigenvalue weighted by molar-refractivity contribution is -0.385. The first-order valence-corrected chi connectivity index (χ1v) is 8.64. The largest absolute Gasteiger partial charge is 0.494 e. The molecule has 2 aromatic rings. The molecule has 26 heavy (non-hydrogen) atoms. The molecule has 1 saturated heterocycles. The molecule has 0 bridgehead atoms. The summed E-state index contributed by atoms with van der Waals surface area (Å²) in [6.45, 7) is 2.49. The Morgan fingerprint density at radius 1 is 1.23 bits per heavy atom. The SMILES string of the molecule is CCOc1ccc(N=C2NC(=O)/C(=C/c3ccccc3[N+](=O)[O-])S2)cc1. The van der Waals surface area contributed by atoms with Gasteiger partial charge < -0.3 is 10.1 Å². The van der Waals surface area contributed by atoms with Crippen LogP contribution in [0.25, 0.3) is 6.08 Å². The Bertz CT molecular complexity index is 907. The molecule has 132 valence electrons. The normalized spacial score (nSPS) is 16.7. The Balaban J connectivity index is 1.81. The van der Waals surface area contributed by atoms with Crippen LogP contribution in [0, 0.1) is 10.1 Å². The highest BCUT2D eigenvalue weighted by Gasteiger charge is 2.25. The summed E-state index contributed by atoms with van der Waals surface area (Å²) in [6.07, 6.45) is 1.50. The zero-order valence-corrected chi connectivity index (χ0v) is 14.7. The molecule has 0 spiro atoms. The van der Waals surface area contributed by atoms with Crippen LogP contribution in [-0.2, 0) is 4.79 Å². The van der Waals surface area contributed by atoms with Crippen LogP contribution in [0.1, 0.15) is 12.5 Å². The summed E-state index contributed by atoms with van der Waals surface area (Å²) in [6, 6.07) is 13.4. The zero-order valence-electron chi connectivity index (χ0n) is 13.8. The molecule has 0 aliphatic carbocycles. The van der Waals surface area contributed by atoms with Crippen molar-refractivity contribution in [2.75, 3.05) is 6.61 Å². The number of nitrogens with zero attached hydrogens (tertiary/aromatic N) is 2. The Morgan fingerprint density at radius 3 is 2.65 bits per heavy atom. The van der Waals surface area contributed by atoms with E-state index >= 15 is 0 Å². The van der Waals surface area contributed by atoms with Gasteiger partial charge in [0.1, 0.15) is 5.75 Å². The van der Waals surface area contributed by atoms with E-state index in [-0.39, 0.29) is 11.6 Å². The summed E-state index contributed by atoms with van der Waals surface area (Å²) in [5, 5.41) is 14.2. The van der Waals surface area contributed by atoms with Gasteiger partial charge >= 0.3 is 0 Å². The number of hydrogen-bond acceptors (Lipinski definition) is 6. The monoisotopic (exact) mass is 369 g/mol. The summed E-state index contributed by atoms with van der Waals surface area (Å²) >= 11 is 1.14. The number of thioether (sulfide) groups is 1. The van der Waals surface area contributed by atoms with E-state index in [4.69, 9.17) is 4.74 Å². The topological polar surface area (TPSA) is 93.8 Å². The average Bonchev–Trinajstić information content (AvgIpc) is 2.96. The fourth-order valence-electron chi connectivity index (χ4n) is 2.30. The van der Waals surface area contributed by atoms with E-state index in [9.17, 15) is 14.9 Å². The minimum Gasteiger partial charge on any atom is -0.494 e. The van der Waals surface area contributed by atoms with Gasteiger partial charge in [-0.25, -0.2) is 4.99 Å². The molecule has 2 aromatic carbocycles. The van der Waals surface area contributed by atoms with E-state index in [1.54, 1.807) is 42.5 Å². The highest BCUT2D eigenvalue weighted by Crippen LogP contribution is 2.30. The molecule has 0 aromatic heterocycles. The molecule has 1 aliphatic heterocycles. The molecule has 0 unspecified atom stereocenters. The van der Waals surface area contributed by atoms with E-state index in [2.05, 4.69) is 10.3 Å². The van der Waals surface area contributed by atoms with Gasteiger partial charge in [0.05, 0.1) is 27.7 Å². The van der Waals surface area contributed by atoms with E-state index in [1.165, 1.54) is 12.1 Å². The quantitative estimate of drug-likeness (QED) is 0.490. The van der Waals surface area contributed by atoms with Gasteiger partial charge in [0.25, 0.3) is 11.6 Å². The van der Waals surface area contributed by atoms with Gasteiger partial charge in [-0.2, -0.15) is 0 Å². The van der Waals surface area contributed by atoms with Crippen molar-refractivity contribution in [1.82, 2.24) is 5.32 Å². The highest BCUT2D eigenvalue weighted by molar-refractivity contribution is 8.18. The molecule has 1 fully saturated rings. The van der Waals surface area contributed by atoms with Crippen LogP contribution in [0.2, 0.25) is 0 Å². The van der Waals surface area contributed by atoms with Gasteiger partial charge in [-0.05, 0) is 55.1 Å². The second-order valence-electron chi connectivity index (χ2n) is 5.22. The third-order valence-corrected chi connectivity index (χ3v) is 4.36. The summed E-state index contributed by atoms with van der Waals surface area (Å²) in [5.74, 6) is 0.411. The number of amidine groups is 1. The van der Waals surface area contributed by atoms with Crippen LogP contribution in [-0.4, -0.2) is 22.6 Å². The first-order chi connectivity index (χ1) is 12.6. The summed E-state index contributed by atoms with van der Waals surface area (Å²) in [4.78, 5) is 27.5. The number of carbonyl (C=O) groups is 1. The third kappa shape index (κ3) is 4.09. The number of amides is 1. The van der Waals surface area contributed by atoms with Gasteiger partial charge in [0.15, 0.2) is 5.17 Å². The van der Waals surface area contributed by atoms with Crippen molar-refractivity contribution in [1.29, 1.82) is 0 Å². The number of carbonyl (C=O) groups excluding carboxylic acids is 1. The predicted molar refractivity (Wildman–Crippen MR) is 102 cm³/mol. The maximum absolute atomic E-state index is 12.1. The Morgan fingerprint density at radius 2 is 1.96 bits per heavy atom. The minimum atomic E-state index is -0.473. The lowest BCUT2D eigenvalue weighted by Gasteiger charge is -2.02. The molecule has 0 radical (unpaired) electrons. The van der Waals surface area contributed by atoms with Crippen molar-refractivity contribution in [3.63, 3.8) is 0 Å². The number of hydrogen-bond donors (Lipinski definition) is 1. The van der Waals surface area contributed by atoms with Crippen molar-refractivity contribution < 1.29 is 14.5 Å². The van der Waals surface area contributed by atoms with Crippen molar-refractivity contribution in [2.45, 2.75) is 6.92 Å². The van der Waals surface area contributed by atoms with Gasteiger partial charge in [0, 0.05) is 6.07 Å². The van der Waals surface area contributed by atoms with Crippen LogP contribution in [0.4, 0.5) is 11.4 Å². The molecule has 1 N–H and O–H groups in total. The number of nitro groups is 1. The zero-order chi connectivity index (χ0) is 18.5. The maximum atomic E-state index is 12.1. The highest BCUT2D eigenvalue weighted by atomic mass is 32.2. The number of para-hydroxylation sites is 1. The van der Waals surface area contributed by atoms with Gasteiger partial charge in [-0.1, -0.05) is 12.1 Å². The summed E-state index contributed by atoms with van der Waals surface area (Å²) < 4.78 is 5.37. The summed E-state index contributed by atoms with van der Waals surface area (Å²) in [7, 11) is 0. The molecule has 1 aliphatic rings. The maximum Gasteiger partial charge on any atom is 0.276 e. The molecule has 0 saturated carbocycles. The third-order valence-electron chi connectivity index (χ3n) is 3.45. The van der Waals surface area contributed by atoms with Crippen molar-refractivity contribution in [2.24, 2.45) is 4.99 Å². The van der Waals surface area contributed by atoms with Gasteiger partial charge in [-0.15, -0.1) is 0 Å². The molecule has 7 nitrogen and oxygen atoms in total. The van der Waals surface area contributed by atoms with Crippen molar-refractivity contribution >= 4 is 40.3 Å². The van der Waals surface area contributed by atoms with E-state index in [0.29, 0.717) is 27.9 Å². The number of rotatable bonds is 5. The van der Waals surface area contributed by atoms with E-state index in [0.717, 1.165) is 17.5 Å². The standard InChI is InChI=1S/C18H15N3O4S/c1-2-25-14-9-7-13(8-10-14)19-18-20-17(22)16(26-18)11-12-5-3-4-6-15(12)21(23)24/h3-11H,2H2,1H3,(H,19,20,22)/b16-11-. The first kappa shape index (κ1) is 17.7. The molecule has 0 atom stereocenters. The van der Waals surface area contributed by atoms with Crippen molar-refractivity contribution in [3.05, 3.63) is 69.1 Å². The number of aliphatic imine (C=N–C) groups is 1. The molecule has 3 rings (SSSR count). The lowest BCUT2D eigenvalue weighted by Crippen LogP contribution is -2.19. The van der Waals surface area contributed by atoms with Gasteiger partial charge in [0.2, 0.25) is 0 Å². The molecule has 8 heteroatoms. The molecular weight excluding hydrogens is 354 g/mol. The minimum absolute atomic E-state index is 0.0506. The van der Waals surface area contributed by atoms with E-state index in [1.807, 2.05) is 6.92 Å². The number of benzene rings is 2. The number of nitrogens with one attached hydrogen (secondary N) is 1. The van der Waals surface area contributed by atoms with Crippen LogP contribution in [0.15, 0.2) is 58.4 Å². The second-order valence-corrected chi connectivity index (χ2v) is 6.26. The number of ether oxygens (including phenoxy) is 1. The molecule has 1 amide bonds. The fourth-order valence-corrected chi connectivity index (χ4v) is 3.13. The predicted octanol–water partition coefficient (Wildman–Crippen LogP) is 3.89. The fraction of sp³-hybridized carbons (Fsp3) is 0.111. The van der Waals surface area contributed by atoms with Gasteiger partial charge in [-0.3, -0.25) is 14.9 Å². The van der Waals surface area contributed by atoms with Crippen LogP contribution < -0.4 is 10.1 Å². The average molecular weight is 369 g/mol. The number of nitro benzene ring substituents is 1. The molecule has 1 heterocycles. The van der Waals surface area contributed by atoms with E-state index < -0.39 is 4.92 Å². The smallest absolute Gasteiger partial charge is 0.276 e. The Kier molecular flexibility index (Phi) is 5.33. The van der Waals surface area contributed by atoms with Crippen LogP contribution in [0.5, 0.6) is 5.75 Å². The van der Waals surface area contributed by atoms with Crippen LogP contribution >= 0.6 is 11.8 Å². The Hall–Kier alpha value is -3.13. The first-order valence-electron chi connectivity index (χ1n) is 7.82. The van der Waals surface area contributed by atoms with Crippen molar-refractivity contribution in [3.8, 4) is 5.75 Å². The Labute approximate surface area is 153 Å².